The van der Waals surface area contributed by atoms with Crippen molar-refractivity contribution < 1.29 is 101 Å². The summed E-state index contributed by atoms with van der Waals surface area (Å²) in [6, 6.07) is 3.44. The molecular formula is C86H129N13O21. The van der Waals surface area contributed by atoms with Crippen molar-refractivity contribution in [1.82, 2.24) is 49.9 Å². The summed E-state index contributed by atoms with van der Waals surface area (Å²) >= 11 is 0. The highest BCUT2D eigenvalue weighted by molar-refractivity contribution is 6.39. The number of aliphatic hydroxyl groups excluding tert-OH is 2. The lowest BCUT2D eigenvalue weighted by Gasteiger charge is -2.42. The van der Waals surface area contributed by atoms with Gasteiger partial charge in [0.25, 0.3) is 17.7 Å². The number of nitrogens with two attached hydrogens (primary N) is 3. The highest BCUT2D eigenvalue weighted by Gasteiger charge is 2.53. The molecular weight excluding hydrogens is 1550 g/mol. The van der Waals surface area contributed by atoms with E-state index in [0.29, 0.717) is 197 Å². The summed E-state index contributed by atoms with van der Waals surface area (Å²) < 4.78 is 73.6. The summed E-state index contributed by atoms with van der Waals surface area (Å²) in [7, 11) is 3.20. The molecule has 2 bridgehead atoms. The number of aliphatic hydroxyl groups is 3. The molecule has 4 aliphatic rings. The van der Waals surface area contributed by atoms with Crippen LogP contribution >= 0.6 is 0 Å². The maximum Gasteiger partial charge on any atom is 0.329 e. The van der Waals surface area contributed by atoms with E-state index in [1.54, 1.807) is 50.4 Å². The number of amides is 2. The first kappa shape index (κ1) is 95.6. The number of hydrogen-bond donors (Lipinski definition) is 7. The number of benzene rings is 1. The number of aryl methyl sites for hydroxylation is 2. The van der Waals surface area contributed by atoms with Crippen LogP contribution in [-0.2, 0) is 100 Å². The summed E-state index contributed by atoms with van der Waals surface area (Å²) in [5.74, 6) is -8.67. The topological polar surface area (TPSA) is 458 Å². The van der Waals surface area contributed by atoms with Gasteiger partial charge in [0.15, 0.2) is 17.0 Å². The van der Waals surface area contributed by atoms with Gasteiger partial charge in [-0.1, -0.05) is 69.4 Å². The van der Waals surface area contributed by atoms with Gasteiger partial charge in [-0.25, -0.2) is 24.1 Å². The molecule has 2 saturated heterocycles. The lowest BCUT2D eigenvalue weighted by molar-refractivity contribution is -0.265. The number of hydrogen-bond acceptors (Lipinski definition) is 30. The molecule has 1 aromatic carbocycles. The lowest BCUT2D eigenvalue weighted by Crippen LogP contribution is -2.61. The molecule has 34 nitrogen and oxygen atoms in total. The largest absolute Gasteiger partial charge is 0.459 e. The van der Waals surface area contributed by atoms with E-state index < -0.39 is 95.4 Å². The van der Waals surface area contributed by atoms with Gasteiger partial charge in [-0.2, -0.15) is 10.1 Å². The molecule has 2 amide bonds. The molecule has 7 heterocycles. The van der Waals surface area contributed by atoms with Crippen molar-refractivity contribution in [2.75, 3.05) is 125 Å². The number of nitrogens with one attached hydrogen (secondary N) is 1. The lowest BCUT2D eigenvalue weighted by atomic mass is 9.80. The van der Waals surface area contributed by atoms with Crippen LogP contribution in [-0.4, -0.2) is 269 Å². The van der Waals surface area contributed by atoms with Crippen molar-refractivity contribution in [2.45, 2.75) is 231 Å². The van der Waals surface area contributed by atoms with Crippen LogP contribution in [0.15, 0.2) is 82.7 Å². The number of anilines is 2. The van der Waals surface area contributed by atoms with E-state index in [9.17, 15) is 44.1 Å². The predicted molar refractivity (Wildman–Crippen MR) is 445 cm³/mol. The number of esters is 1. The van der Waals surface area contributed by atoms with Crippen LogP contribution in [0.3, 0.4) is 0 Å². The van der Waals surface area contributed by atoms with Gasteiger partial charge >= 0.3 is 5.97 Å². The van der Waals surface area contributed by atoms with Gasteiger partial charge in [0.1, 0.15) is 53.5 Å². The molecule has 10 N–H and O–H groups in total. The van der Waals surface area contributed by atoms with Crippen LogP contribution in [0.1, 0.15) is 156 Å². The maximum absolute atomic E-state index is 14.7. The second-order valence-corrected chi connectivity index (χ2v) is 32.1. The number of aromatic nitrogens is 8. The van der Waals surface area contributed by atoms with Crippen molar-refractivity contribution >= 4 is 69.1 Å². The molecule has 0 spiro atoms. The smallest absolute Gasteiger partial charge is 0.329 e. The summed E-state index contributed by atoms with van der Waals surface area (Å²) in [6.07, 6.45) is 16.6. The SMILES string of the molecule is COC1C[C@@H]2CC[C@@H](C)[C@@](O)(O2)C(=O)C(=O)N2CCCC[C@H]2C(=O)OC([C@H](N)CC2CCC(OCCCCc3cn(CCOCCOCCOCCOCCOCCOCCC(=O)NCCCCn4nc(-c5ccc6oc(N)nc6c5)c5c(N)ncnc54)nn3)[C@H](OC)C2)CC(=O)C(C)/C=C(\C)C(O)[C@@H](O)C(=O)C(C)CC(C)/C=C/C=C/C=C/1C. The number of nitrogen functional groups attached to an aromatic ring is 2. The van der Waals surface area contributed by atoms with Crippen LogP contribution in [0.25, 0.3) is 33.4 Å². The molecule has 3 aliphatic heterocycles. The van der Waals surface area contributed by atoms with Gasteiger partial charge in [0, 0.05) is 95.3 Å². The zero-order valence-electron chi connectivity index (χ0n) is 71.1. The first-order valence-corrected chi connectivity index (χ1v) is 42.6. The Kier molecular flexibility index (Phi) is 39.2. The number of allylic oxidation sites excluding steroid dienone is 6. The molecule has 3 fully saturated rings. The molecule has 15 atom stereocenters. The third kappa shape index (κ3) is 28.7. The Morgan fingerprint density at radius 3 is 2.18 bits per heavy atom. The Hall–Kier alpha value is -8.20. The van der Waals surface area contributed by atoms with Crippen LogP contribution in [0.5, 0.6) is 0 Å². The molecule has 4 aromatic heterocycles. The zero-order chi connectivity index (χ0) is 86.1. The Bertz CT molecular complexity index is 4190. The number of methoxy groups -OCH3 is 2. The van der Waals surface area contributed by atoms with E-state index in [-0.39, 0.29) is 80.4 Å². The van der Waals surface area contributed by atoms with E-state index in [4.69, 9.17) is 78.8 Å². The van der Waals surface area contributed by atoms with Gasteiger partial charge < -0.3 is 99.3 Å². The first-order valence-electron chi connectivity index (χ1n) is 42.6. The molecule has 0 radical (unpaired) electrons. The fourth-order valence-electron chi connectivity index (χ4n) is 15.8. The third-order valence-corrected chi connectivity index (χ3v) is 22.9. The quantitative estimate of drug-likeness (QED) is 0.00900. The number of cyclic esters (lactones) is 1. The number of rotatable bonds is 38. The van der Waals surface area contributed by atoms with Crippen molar-refractivity contribution in [3.8, 4) is 11.3 Å². The van der Waals surface area contributed by atoms with Crippen LogP contribution in [0, 0.1) is 29.6 Å². The fraction of sp³-hybridized carbons (Fsp3) is 0.674. The van der Waals surface area contributed by atoms with Crippen LogP contribution < -0.4 is 22.5 Å². The number of nitrogens with zero attached hydrogens (tertiary/aromatic N) is 9. The van der Waals surface area contributed by atoms with Gasteiger partial charge in [-0.15, -0.1) is 5.10 Å². The first-order chi connectivity index (χ1) is 57.8. The Morgan fingerprint density at radius 2 is 1.47 bits per heavy atom. The van der Waals surface area contributed by atoms with Crippen molar-refractivity contribution in [1.29, 1.82) is 0 Å². The van der Waals surface area contributed by atoms with Crippen molar-refractivity contribution in [3.05, 3.63) is 84.0 Å². The number of ketones is 3. The molecule has 9 rings (SSSR count). The van der Waals surface area contributed by atoms with Crippen molar-refractivity contribution in [2.24, 2.45) is 35.3 Å². The number of unbranched alkanes of at least 4 members (excludes halogenated alkanes) is 2. The highest BCUT2D eigenvalue weighted by atomic mass is 16.6. The van der Waals surface area contributed by atoms with E-state index in [0.717, 1.165) is 47.4 Å². The van der Waals surface area contributed by atoms with E-state index in [1.807, 2.05) is 62.6 Å². The number of Topliss-reactive ketones (excluding diaryl/α,β-unsaturated/α-hetero) is 3. The minimum Gasteiger partial charge on any atom is -0.459 e. The maximum atomic E-state index is 14.7. The average molecular weight is 1680 g/mol. The fourth-order valence-corrected chi connectivity index (χ4v) is 15.8. The molecule has 120 heavy (non-hydrogen) atoms. The monoisotopic (exact) mass is 1680 g/mol. The van der Waals surface area contributed by atoms with E-state index >= 15 is 0 Å². The second-order valence-electron chi connectivity index (χ2n) is 32.1. The number of fused-ring (bicyclic) bond motifs is 5. The van der Waals surface area contributed by atoms with Gasteiger partial charge in [-0.05, 0) is 151 Å². The normalized spacial score (nSPS) is 27.4. The molecule has 664 valence electrons. The standard InChI is InChI=1S/C86H129N13O21/c1-55-18-10-9-11-19-56(2)71(109-7)51-64-25-22-60(6)86(108,120-64)80(105)83(106)98-30-15-12-21-67(98)84(107)118-72(52-68(100)57(3)47-59(5)78(103)79(104)77(102)58(4)46-55)65(87)48-61-23-26-70(73(49-61)110-8)117-33-17-13-20-63-53-97(96-94-63)32-35-112-37-39-114-41-43-116-45-44-115-42-40-113-38-36-111-34-28-74(101)90-29-14-16-31-99-82-75(81(88)91-54-92-82)76(95-99)62-24-27-69-66(50-62)93-85(89)119-69/h9-11,18-19,24,27,47,50,53-55,57-58,60-61,64-65,67,70-73,78-79,103-104,108H,12-17,20-23,25-26,28-46,48-49,51-52,87H2,1-8H3,(H2,89,93)(H,90,101)(H2,88,91,92)/b11-9+,18-10+,56-19+,59-47+/t55?,57?,58?,60-,61?,64+,65-,67+,70?,71?,72?,73-,78?,79+,86-/m1/s1. The van der Waals surface area contributed by atoms with E-state index in [2.05, 4.69) is 30.6 Å². The molecule has 1 saturated carbocycles. The number of oxazole rings is 1. The molecule has 8 unspecified atom stereocenters. The number of ether oxygens (including phenoxy) is 11. The average Bonchev–Trinajstić information content (AvgIpc) is 1.05. The minimum absolute atomic E-state index is 0.0257. The Balaban J connectivity index is 0.614. The third-order valence-electron chi connectivity index (χ3n) is 22.9. The van der Waals surface area contributed by atoms with Gasteiger partial charge in [0.2, 0.25) is 11.7 Å². The number of piperidine rings is 1. The van der Waals surface area contributed by atoms with Crippen LogP contribution in [0.4, 0.5) is 11.8 Å². The Labute approximate surface area is 702 Å². The number of carbonyl (C=O) groups is 6. The predicted octanol–water partition coefficient (Wildman–Crippen LogP) is 7.06. The van der Waals surface area contributed by atoms with Crippen molar-refractivity contribution in [3.63, 3.8) is 0 Å². The minimum atomic E-state index is -2.49. The van der Waals surface area contributed by atoms with Gasteiger partial charge in [0.05, 0.1) is 121 Å². The van der Waals surface area contributed by atoms with Crippen LogP contribution in [0.2, 0.25) is 0 Å². The summed E-state index contributed by atoms with van der Waals surface area (Å²) in [5, 5.41) is 51.7. The summed E-state index contributed by atoms with van der Waals surface area (Å²) in [4.78, 5) is 98.0. The zero-order valence-corrected chi connectivity index (χ0v) is 71.1. The van der Waals surface area contributed by atoms with E-state index in [1.165, 1.54) is 19.3 Å². The Morgan fingerprint density at radius 1 is 0.750 bits per heavy atom. The second kappa shape index (κ2) is 49.2. The summed E-state index contributed by atoms with van der Waals surface area (Å²) in [6.45, 7) is 17.2. The molecule has 1 aliphatic carbocycles. The van der Waals surface area contributed by atoms with Gasteiger partial charge in [-0.3, -0.25) is 24.0 Å². The molecule has 34 heteroatoms. The molecule has 5 aromatic rings. The number of carbonyl (C=O) groups excluding carboxylic acids is 6. The highest BCUT2D eigenvalue weighted by Crippen LogP contribution is 2.39. The summed E-state index contributed by atoms with van der Waals surface area (Å²) in [5.41, 5.74) is 24.2.